The maximum atomic E-state index is 11.7. The van der Waals surface area contributed by atoms with Crippen LogP contribution in [0, 0.1) is 11.3 Å². The van der Waals surface area contributed by atoms with Crippen molar-refractivity contribution in [1.82, 2.24) is 15.3 Å². The minimum Gasteiger partial charge on any atom is -0.465 e. The highest BCUT2D eigenvalue weighted by Crippen LogP contribution is 2.10. The van der Waals surface area contributed by atoms with E-state index in [1.165, 1.54) is 6.33 Å². The van der Waals surface area contributed by atoms with Gasteiger partial charge >= 0.3 is 11.9 Å². The number of esters is 2. The number of H-pyrrole nitrogens is 1. The van der Waals surface area contributed by atoms with Crippen LogP contribution >= 0.6 is 0 Å². The number of anilines is 1. The zero-order chi connectivity index (χ0) is 17.9. The summed E-state index contributed by atoms with van der Waals surface area (Å²) < 4.78 is 9.43. The molecule has 24 heavy (non-hydrogen) atoms. The van der Waals surface area contributed by atoms with E-state index in [9.17, 15) is 14.4 Å². The van der Waals surface area contributed by atoms with Crippen molar-refractivity contribution in [3.05, 3.63) is 12.0 Å². The lowest BCUT2D eigenvalue weighted by Crippen LogP contribution is -2.35. The highest BCUT2D eigenvalue weighted by molar-refractivity contribution is 6.45. The molecule has 0 aliphatic carbocycles. The molecule has 1 rings (SSSR count). The SMILES string of the molecule is CCOC(=O)CNC(=O)C(C#N)=NNc1nc[nH]c1C(=O)OCC. The van der Waals surface area contributed by atoms with Gasteiger partial charge in [-0.3, -0.25) is 15.0 Å². The van der Waals surface area contributed by atoms with Crippen LogP contribution in [0.1, 0.15) is 24.3 Å². The van der Waals surface area contributed by atoms with Crippen molar-refractivity contribution in [2.45, 2.75) is 13.8 Å². The smallest absolute Gasteiger partial charge is 0.358 e. The maximum absolute atomic E-state index is 11.7. The fourth-order valence-corrected chi connectivity index (χ4v) is 1.42. The normalized spacial score (nSPS) is 10.5. The van der Waals surface area contributed by atoms with E-state index in [1.54, 1.807) is 19.9 Å². The highest BCUT2D eigenvalue weighted by atomic mass is 16.5. The molecule has 11 heteroatoms. The van der Waals surface area contributed by atoms with Crippen molar-refractivity contribution < 1.29 is 23.9 Å². The molecule has 0 atom stereocenters. The fraction of sp³-hybridized carbons (Fsp3) is 0.385. The molecular weight excluding hydrogens is 320 g/mol. The molecule has 0 spiro atoms. The van der Waals surface area contributed by atoms with Gasteiger partial charge in [0, 0.05) is 0 Å². The van der Waals surface area contributed by atoms with Gasteiger partial charge in [-0.15, -0.1) is 0 Å². The third-order valence-electron chi connectivity index (χ3n) is 2.41. The third kappa shape index (κ3) is 5.41. The minimum atomic E-state index is -0.883. The molecule has 0 fully saturated rings. The predicted octanol–water partition coefficient (Wildman–Crippen LogP) is -0.443. The molecule has 0 aromatic carbocycles. The van der Waals surface area contributed by atoms with E-state index in [1.807, 2.05) is 0 Å². The summed E-state index contributed by atoms with van der Waals surface area (Å²) >= 11 is 0. The van der Waals surface area contributed by atoms with E-state index in [0.717, 1.165) is 0 Å². The number of amides is 1. The molecule has 11 nitrogen and oxygen atoms in total. The van der Waals surface area contributed by atoms with Crippen LogP contribution in [0.25, 0.3) is 0 Å². The molecule has 1 amide bonds. The number of aromatic amines is 1. The van der Waals surface area contributed by atoms with Crippen molar-refractivity contribution in [3.8, 4) is 6.07 Å². The van der Waals surface area contributed by atoms with Crippen molar-refractivity contribution >= 4 is 29.4 Å². The Hall–Kier alpha value is -3.42. The maximum Gasteiger partial charge on any atom is 0.358 e. The topological polar surface area (TPSA) is 159 Å². The molecule has 0 aliphatic heterocycles. The Kier molecular flexibility index (Phi) is 7.43. The summed E-state index contributed by atoms with van der Waals surface area (Å²) in [5.41, 5.74) is 1.75. The van der Waals surface area contributed by atoms with Gasteiger partial charge in [-0.2, -0.15) is 10.4 Å². The molecule has 0 unspecified atom stereocenters. The van der Waals surface area contributed by atoms with Crippen molar-refractivity contribution in [3.63, 3.8) is 0 Å². The first kappa shape index (κ1) is 18.6. The quantitative estimate of drug-likeness (QED) is 0.327. The van der Waals surface area contributed by atoms with Crippen LogP contribution in [0.5, 0.6) is 0 Å². The van der Waals surface area contributed by atoms with Gasteiger partial charge < -0.3 is 19.8 Å². The molecule has 0 saturated heterocycles. The number of nitriles is 1. The molecule has 1 aromatic rings. The summed E-state index contributed by atoms with van der Waals surface area (Å²) in [6.07, 6.45) is 1.22. The molecule has 0 saturated carbocycles. The van der Waals surface area contributed by atoms with Crippen LogP contribution in [-0.2, 0) is 19.1 Å². The van der Waals surface area contributed by atoms with Gasteiger partial charge in [-0.25, -0.2) is 9.78 Å². The number of hydrogen-bond donors (Lipinski definition) is 3. The molecular formula is C13H16N6O5. The lowest BCUT2D eigenvalue weighted by molar-refractivity contribution is -0.142. The zero-order valence-corrected chi connectivity index (χ0v) is 13.1. The summed E-state index contributed by atoms with van der Waals surface area (Å²) in [5.74, 6) is -2.21. The molecule has 0 radical (unpaired) electrons. The number of ether oxygens (including phenoxy) is 2. The lowest BCUT2D eigenvalue weighted by Gasteiger charge is -2.04. The summed E-state index contributed by atoms with van der Waals surface area (Å²) in [6, 6.07) is 1.56. The van der Waals surface area contributed by atoms with Gasteiger partial charge in [0.1, 0.15) is 12.6 Å². The van der Waals surface area contributed by atoms with E-state index in [4.69, 9.17) is 10.00 Å². The Morgan fingerprint density at radius 1 is 1.33 bits per heavy atom. The first-order valence-corrected chi connectivity index (χ1v) is 6.91. The number of carbonyl (C=O) groups excluding carboxylic acids is 3. The molecule has 3 N–H and O–H groups in total. The van der Waals surface area contributed by atoms with Crippen LogP contribution in [0.3, 0.4) is 0 Å². The third-order valence-corrected chi connectivity index (χ3v) is 2.41. The fourth-order valence-electron chi connectivity index (χ4n) is 1.42. The van der Waals surface area contributed by atoms with Crippen LogP contribution in [-0.4, -0.2) is 53.3 Å². The Morgan fingerprint density at radius 2 is 2.04 bits per heavy atom. The van der Waals surface area contributed by atoms with Crippen LogP contribution in [0.15, 0.2) is 11.4 Å². The van der Waals surface area contributed by atoms with Gasteiger partial charge in [0.15, 0.2) is 11.5 Å². The second kappa shape index (κ2) is 9.57. The van der Waals surface area contributed by atoms with Gasteiger partial charge in [-0.1, -0.05) is 0 Å². The second-order valence-corrected chi connectivity index (χ2v) is 4.02. The number of imidazole rings is 1. The summed E-state index contributed by atoms with van der Waals surface area (Å²) in [6.45, 7) is 3.20. The Bertz CT molecular complexity index is 675. The monoisotopic (exact) mass is 336 g/mol. The van der Waals surface area contributed by atoms with Crippen molar-refractivity contribution in [2.24, 2.45) is 5.10 Å². The van der Waals surface area contributed by atoms with Gasteiger partial charge in [0.05, 0.1) is 19.5 Å². The van der Waals surface area contributed by atoms with Crippen LogP contribution in [0.4, 0.5) is 5.82 Å². The Morgan fingerprint density at radius 3 is 2.67 bits per heavy atom. The number of hydrazone groups is 1. The van der Waals surface area contributed by atoms with Gasteiger partial charge in [-0.05, 0) is 13.8 Å². The number of nitrogens with one attached hydrogen (secondary N) is 3. The average molecular weight is 336 g/mol. The largest absolute Gasteiger partial charge is 0.465 e. The standard InChI is InChI=1S/C13H16N6O5/c1-3-23-9(20)6-15-12(21)8(5-14)18-19-11-10(16-7-17-11)13(22)24-4-2/h7,19H,3-4,6H2,1-2H3,(H,15,21)(H,16,17). The summed E-state index contributed by atoms with van der Waals surface area (Å²) in [4.78, 5) is 40.9. The summed E-state index contributed by atoms with van der Waals surface area (Å²) in [7, 11) is 0. The first-order chi connectivity index (χ1) is 11.5. The predicted molar refractivity (Wildman–Crippen MR) is 80.9 cm³/mol. The summed E-state index contributed by atoms with van der Waals surface area (Å²) in [5, 5.41) is 14.7. The van der Waals surface area contributed by atoms with E-state index in [-0.39, 0.29) is 24.7 Å². The van der Waals surface area contributed by atoms with Crippen molar-refractivity contribution in [1.29, 1.82) is 5.26 Å². The molecule has 0 bridgehead atoms. The van der Waals surface area contributed by atoms with Crippen LogP contribution in [0.2, 0.25) is 0 Å². The highest BCUT2D eigenvalue weighted by Gasteiger charge is 2.17. The van der Waals surface area contributed by atoms with Gasteiger partial charge in [0.25, 0.3) is 5.91 Å². The first-order valence-electron chi connectivity index (χ1n) is 6.91. The zero-order valence-electron chi connectivity index (χ0n) is 13.1. The molecule has 1 aromatic heterocycles. The average Bonchev–Trinajstić information content (AvgIpc) is 3.02. The van der Waals surface area contributed by atoms with E-state index >= 15 is 0 Å². The van der Waals surface area contributed by atoms with Crippen LogP contribution < -0.4 is 10.7 Å². The van der Waals surface area contributed by atoms with E-state index in [2.05, 4.69) is 30.5 Å². The Labute approximate surface area is 137 Å². The molecule has 0 aliphatic rings. The molecule has 128 valence electrons. The van der Waals surface area contributed by atoms with E-state index in [0.29, 0.717) is 0 Å². The number of aromatic nitrogens is 2. The number of rotatable bonds is 8. The van der Waals surface area contributed by atoms with E-state index < -0.39 is 30.1 Å². The lowest BCUT2D eigenvalue weighted by atomic mass is 10.4. The second-order valence-electron chi connectivity index (χ2n) is 4.02. The number of hydrogen-bond acceptors (Lipinski definition) is 9. The van der Waals surface area contributed by atoms with Crippen molar-refractivity contribution in [2.75, 3.05) is 25.2 Å². The molecule has 1 heterocycles. The van der Waals surface area contributed by atoms with Gasteiger partial charge in [0.2, 0.25) is 5.71 Å². The minimum absolute atomic E-state index is 0.00942. The Balaban J connectivity index is 2.72. The number of carbonyl (C=O) groups is 3. The number of nitrogens with zero attached hydrogens (tertiary/aromatic N) is 3.